The molecule has 4 rings (SSSR count). The normalized spacial score (nSPS) is 14.0. The summed E-state index contributed by atoms with van der Waals surface area (Å²) in [6.07, 6.45) is 1.44. The fourth-order valence-electron chi connectivity index (χ4n) is 5.09. The van der Waals surface area contributed by atoms with Gasteiger partial charge in [0.05, 0.1) is 12.3 Å². The predicted molar refractivity (Wildman–Crippen MR) is 154 cm³/mol. The molecule has 2 amide bonds. The van der Waals surface area contributed by atoms with Crippen LogP contribution in [-0.4, -0.2) is 34.3 Å². The van der Waals surface area contributed by atoms with E-state index in [0.29, 0.717) is 33.7 Å². The van der Waals surface area contributed by atoms with E-state index in [9.17, 15) is 14.4 Å². The molecule has 0 fully saturated rings. The van der Waals surface area contributed by atoms with Crippen LogP contribution in [0.3, 0.4) is 0 Å². The van der Waals surface area contributed by atoms with Gasteiger partial charge in [-0.2, -0.15) is 0 Å². The van der Waals surface area contributed by atoms with E-state index >= 15 is 0 Å². The Morgan fingerprint density at radius 2 is 1.44 bits per heavy atom. The molecule has 0 aliphatic carbocycles. The average molecular weight is 588 g/mol. The third kappa shape index (κ3) is 6.75. The van der Waals surface area contributed by atoms with Crippen molar-refractivity contribution in [3.8, 4) is 0 Å². The van der Waals surface area contributed by atoms with E-state index in [0.717, 1.165) is 35.1 Å². The zero-order valence-electron chi connectivity index (χ0n) is 21.4. The van der Waals surface area contributed by atoms with Gasteiger partial charge >= 0.3 is 5.97 Å². The number of carboxylic acids is 1. The van der Waals surface area contributed by atoms with Gasteiger partial charge in [-0.15, -0.1) is 0 Å². The Balaban J connectivity index is 1.65. The Labute approximate surface area is 242 Å². The molecule has 0 saturated heterocycles. The standard InChI is InChI=1S/C30H29Cl3N2O4/c1-2-3-22(18-4-6-20(7-5-18)29(38)34-15-14-27(36)37)28(19-8-10-21(31)11-9-19)30(39)35-16-23-24(17-35)26(33)13-12-25(23)32/h4-13,22,28H,2-3,14-17H2,1H3,(H,34,38)(H,36,37). The van der Waals surface area contributed by atoms with Crippen LogP contribution in [0.25, 0.3) is 0 Å². The maximum absolute atomic E-state index is 14.3. The molecule has 0 bridgehead atoms. The number of fused-ring (bicyclic) bond motifs is 1. The molecule has 3 aromatic rings. The van der Waals surface area contributed by atoms with Crippen LogP contribution in [-0.2, 0) is 22.7 Å². The molecular formula is C30H29Cl3N2O4. The molecule has 39 heavy (non-hydrogen) atoms. The van der Waals surface area contributed by atoms with E-state index in [2.05, 4.69) is 12.2 Å². The summed E-state index contributed by atoms with van der Waals surface area (Å²) in [6, 6.07) is 18.0. The van der Waals surface area contributed by atoms with Crippen molar-refractivity contribution in [2.75, 3.05) is 6.54 Å². The topological polar surface area (TPSA) is 86.7 Å². The van der Waals surface area contributed by atoms with Crippen molar-refractivity contribution >= 4 is 52.6 Å². The summed E-state index contributed by atoms with van der Waals surface area (Å²) in [7, 11) is 0. The van der Waals surface area contributed by atoms with Crippen LogP contribution in [0.1, 0.15) is 70.6 Å². The maximum Gasteiger partial charge on any atom is 0.305 e. The van der Waals surface area contributed by atoms with Crippen molar-refractivity contribution in [1.82, 2.24) is 10.2 Å². The molecule has 0 spiro atoms. The van der Waals surface area contributed by atoms with E-state index in [1.165, 1.54) is 0 Å². The number of carboxylic acid groups (broad SMARTS) is 1. The maximum atomic E-state index is 14.3. The highest BCUT2D eigenvalue weighted by atomic mass is 35.5. The van der Waals surface area contributed by atoms with Gasteiger partial charge < -0.3 is 15.3 Å². The monoisotopic (exact) mass is 586 g/mol. The van der Waals surface area contributed by atoms with Crippen LogP contribution < -0.4 is 5.32 Å². The summed E-state index contributed by atoms with van der Waals surface area (Å²) in [6.45, 7) is 2.89. The lowest BCUT2D eigenvalue weighted by molar-refractivity contribution is -0.137. The first-order chi connectivity index (χ1) is 18.7. The lowest BCUT2D eigenvalue weighted by Crippen LogP contribution is -2.34. The highest BCUT2D eigenvalue weighted by Gasteiger charge is 2.37. The molecule has 6 nitrogen and oxygen atoms in total. The van der Waals surface area contributed by atoms with Crippen LogP contribution in [0, 0.1) is 0 Å². The fourth-order valence-corrected chi connectivity index (χ4v) is 5.69. The Hall–Kier alpha value is -3.06. The van der Waals surface area contributed by atoms with Gasteiger partial charge in [0.25, 0.3) is 5.91 Å². The van der Waals surface area contributed by atoms with Gasteiger partial charge in [0, 0.05) is 40.3 Å². The lowest BCUT2D eigenvalue weighted by atomic mass is 9.77. The summed E-state index contributed by atoms with van der Waals surface area (Å²) in [4.78, 5) is 39.3. The minimum Gasteiger partial charge on any atom is -0.481 e. The Kier molecular flexibility index (Phi) is 9.54. The number of amides is 2. The summed E-state index contributed by atoms with van der Waals surface area (Å²) in [5.74, 6) is -2.01. The van der Waals surface area contributed by atoms with E-state index < -0.39 is 11.9 Å². The number of carbonyl (C=O) groups is 3. The molecular weight excluding hydrogens is 559 g/mol. The first-order valence-corrected chi connectivity index (χ1v) is 13.9. The molecule has 2 atom stereocenters. The first-order valence-electron chi connectivity index (χ1n) is 12.8. The van der Waals surface area contributed by atoms with Crippen molar-refractivity contribution in [3.63, 3.8) is 0 Å². The average Bonchev–Trinajstić information content (AvgIpc) is 3.38. The van der Waals surface area contributed by atoms with Gasteiger partial charge in [0.2, 0.25) is 5.91 Å². The van der Waals surface area contributed by atoms with Crippen molar-refractivity contribution < 1.29 is 19.5 Å². The van der Waals surface area contributed by atoms with E-state index in [1.54, 1.807) is 41.3 Å². The van der Waals surface area contributed by atoms with Crippen molar-refractivity contribution in [3.05, 3.63) is 104 Å². The molecule has 9 heteroatoms. The number of hydrogen-bond donors (Lipinski definition) is 2. The van der Waals surface area contributed by atoms with E-state index in [4.69, 9.17) is 39.9 Å². The zero-order chi connectivity index (χ0) is 28.1. The van der Waals surface area contributed by atoms with Crippen molar-refractivity contribution in [2.24, 2.45) is 0 Å². The zero-order valence-corrected chi connectivity index (χ0v) is 23.7. The molecule has 3 aromatic carbocycles. The summed E-state index contributed by atoms with van der Waals surface area (Å²) in [5.41, 5.74) is 3.95. The predicted octanol–water partition coefficient (Wildman–Crippen LogP) is 7.06. The number of aliphatic carboxylic acids is 1. The molecule has 0 aromatic heterocycles. The molecule has 2 unspecified atom stereocenters. The molecule has 1 heterocycles. The first kappa shape index (κ1) is 28.9. The minimum atomic E-state index is -0.975. The minimum absolute atomic E-state index is 0.0328. The Bertz CT molecular complexity index is 1330. The number of nitrogens with one attached hydrogen (secondary N) is 1. The second-order valence-corrected chi connectivity index (χ2v) is 10.9. The van der Waals surface area contributed by atoms with Gasteiger partial charge in [-0.3, -0.25) is 14.4 Å². The number of halogens is 3. The van der Waals surface area contributed by atoms with Gasteiger partial charge in [-0.25, -0.2) is 0 Å². The molecule has 204 valence electrons. The molecule has 2 N–H and O–H groups in total. The number of rotatable bonds is 10. The summed E-state index contributed by atoms with van der Waals surface area (Å²) >= 11 is 19.1. The highest BCUT2D eigenvalue weighted by Crippen LogP contribution is 2.42. The number of benzene rings is 3. The van der Waals surface area contributed by atoms with Gasteiger partial charge in [0.1, 0.15) is 0 Å². The van der Waals surface area contributed by atoms with Crippen LogP contribution in [0.2, 0.25) is 15.1 Å². The molecule has 1 aliphatic rings. The lowest BCUT2D eigenvalue weighted by Gasteiger charge is -2.31. The largest absolute Gasteiger partial charge is 0.481 e. The van der Waals surface area contributed by atoms with Crippen LogP contribution in [0.15, 0.2) is 60.7 Å². The van der Waals surface area contributed by atoms with Crippen molar-refractivity contribution in [1.29, 1.82) is 0 Å². The van der Waals surface area contributed by atoms with Crippen LogP contribution >= 0.6 is 34.8 Å². The molecule has 0 saturated carbocycles. The number of nitrogens with zero attached hydrogens (tertiary/aromatic N) is 1. The van der Waals surface area contributed by atoms with Crippen LogP contribution in [0.5, 0.6) is 0 Å². The third-order valence-electron chi connectivity index (χ3n) is 7.05. The smallest absolute Gasteiger partial charge is 0.305 e. The third-order valence-corrected chi connectivity index (χ3v) is 8.01. The Morgan fingerprint density at radius 3 is 1.97 bits per heavy atom. The summed E-state index contributed by atoms with van der Waals surface area (Å²) in [5, 5.41) is 13.2. The van der Waals surface area contributed by atoms with Gasteiger partial charge in [-0.05, 0) is 71.0 Å². The second-order valence-electron chi connectivity index (χ2n) is 9.63. The fraction of sp³-hybridized carbons (Fsp3) is 0.300. The van der Waals surface area contributed by atoms with Crippen LogP contribution in [0.4, 0.5) is 0 Å². The molecule has 0 radical (unpaired) electrons. The van der Waals surface area contributed by atoms with Gasteiger partial charge in [0.15, 0.2) is 0 Å². The van der Waals surface area contributed by atoms with E-state index in [1.807, 2.05) is 24.3 Å². The number of hydrogen-bond acceptors (Lipinski definition) is 3. The highest BCUT2D eigenvalue weighted by molar-refractivity contribution is 6.34. The van der Waals surface area contributed by atoms with Gasteiger partial charge in [-0.1, -0.05) is 72.4 Å². The second kappa shape index (κ2) is 12.9. The van der Waals surface area contributed by atoms with Crippen molar-refractivity contribution in [2.45, 2.75) is 51.1 Å². The Morgan fingerprint density at radius 1 is 0.872 bits per heavy atom. The SMILES string of the molecule is CCCC(c1ccc(C(=O)NCCC(=O)O)cc1)C(C(=O)N1Cc2c(Cl)ccc(Cl)c2C1)c1ccc(Cl)cc1. The quantitative estimate of drug-likeness (QED) is 0.266. The molecule has 1 aliphatic heterocycles. The van der Waals surface area contributed by atoms with E-state index in [-0.39, 0.29) is 30.7 Å². The number of carbonyl (C=O) groups excluding carboxylic acids is 2. The summed E-state index contributed by atoms with van der Waals surface area (Å²) < 4.78 is 0.